The summed E-state index contributed by atoms with van der Waals surface area (Å²) >= 11 is 0. The molecule has 0 spiro atoms. The smallest absolute Gasteiger partial charge is 0.324 e. The van der Waals surface area contributed by atoms with Gasteiger partial charge >= 0.3 is 15.2 Å². The van der Waals surface area contributed by atoms with Crippen LogP contribution >= 0.6 is 15.2 Å². The van der Waals surface area contributed by atoms with Crippen molar-refractivity contribution in [3.8, 4) is 11.1 Å². The Balaban J connectivity index is 2.13. The summed E-state index contributed by atoms with van der Waals surface area (Å²) in [7, 11) is -9.77. The minimum absolute atomic E-state index is 0.409. The second-order valence-electron chi connectivity index (χ2n) is 5.73. The Labute approximate surface area is 146 Å². The Bertz CT molecular complexity index is 826. The first kappa shape index (κ1) is 19.8. The molecule has 0 aliphatic carbocycles. The molecule has 25 heavy (non-hydrogen) atoms. The molecule has 8 heteroatoms. The fourth-order valence-corrected chi connectivity index (χ4v) is 4.83. The maximum absolute atomic E-state index is 11.2. The van der Waals surface area contributed by atoms with Gasteiger partial charge in [0.15, 0.2) is 5.40 Å². The lowest BCUT2D eigenvalue weighted by Gasteiger charge is -2.17. The third-order valence-corrected chi connectivity index (χ3v) is 7.58. The Morgan fingerprint density at radius 1 is 0.920 bits per heavy atom. The van der Waals surface area contributed by atoms with Gasteiger partial charge in [-0.2, -0.15) is 0 Å². The third-order valence-electron chi connectivity index (χ3n) is 3.80. The first-order valence-electron chi connectivity index (χ1n) is 7.52. The van der Waals surface area contributed by atoms with Crippen LogP contribution in [0.2, 0.25) is 0 Å². The van der Waals surface area contributed by atoms with Crippen LogP contribution in [0.5, 0.6) is 0 Å². The van der Waals surface area contributed by atoms with Crippen molar-refractivity contribution in [2.45, 2.75) is 18.7 Å². The molecule has 2 aromatic rings. The van der Waals surface area contributed by atoms with Gasteiger partial charge in [-0.1, -0.05) is 60.7 Å². The fourth-order valence-electron chi connectivity index (χ4n) is 2.47. The molecule has 0 aliphatic rings. The molecule has 0 aliphatic heterocycles. The molecule has 0 atom stereocenters. The van der Waals surface area contributed by atoms with E-state index in [0.29, 0.717) is 0 Å². The SMILES string of the molecule is Cc1ccccc1-c1ccc(C=CCC(P(=O)(O)O)P(=O)(O)O)cc1. The Hall–Kier alpha value is -1.52. The summed E-state index contributed by atoms with van der Waals surface area (Å²) in [5, 5.41) is -2.01. The summed E-state index contributed by atoms with van der Waals surface area (Å²) in [6.45, 7) is 2.02. The van der Waals surface area contributed by atoms with Crippen LogP contribution in [0, 0.1) is 6.92 Å². The number of hydrogen-bond donors (Lipinski definition) is 4. The molecule has 4 N–H and O–H groups in total. The third kappa shape index (κ3) is 5.48. The lowest BCUT2D eigenvalue weighted by atomic mass is 9.99. The van der Waals surface area contributed by atoms with E-state index in [4.69, 9.17) is 19.6 Å². The van der Waals surface area contributed by atoms with E-state index in [-0.39, 0.29) is 0 Å². The van der Waals surface area contributed by atoms with Crippen LogP contribution in [-0.2, 0) is 9.13 Å². The van der Waals surface area contributed by atoms with Crippen LogP contribution < -0.4 is 0 Å². The van der Waals surface area contributed by atoms with Crippen molar-refractivity contribution < 1.29 is 28.7 Å². The predicted octanol–water partition coefficient (Wildman–Crippen LogP) is 3.75. The summed E-state index contributed by atoms with van der Waals surface area (Å²) in [4.78, 5) is 36.3. The molecule has 0 fully saturated rings. The van der Waals surface area contributed by atoms with Gasteiger partial charge in [-0.3, -0.25) is 9.13 Å². The Kier molecular flexibility index (Phi) is 6.17. The first-order valence-corrected chi connectivity index (χ1v) is 10.9. The van der Waals surface area contributed by atoms with Gasteiger partial charge in [-0.25, -0.2) is 0 Å². The molecule has 0 saturated carbocycles. The highest BCUT2D eigenvalue weighted by molar-refractivity contribution is 7.70. The molecular formula is C17H20O6P2. The number of rotatable bonds is 6. The maximum Gasteiger partial charge on any atom is 0.341 e. The van der Waals surface area contributed by atoms with E-state index in [9.17, 15) is 9.13 Å². The first-order chi connectivity index (χ1) is 11.6. The topological polar surface area (TPSA) is 115 Å². The van der Waals surface area contributed by atoms with Crippen LogP contribution in [0.3, 0.4) is 0 Å². The van der Waals surface area contributed by atoms with Gasteiger partial charge in [0.25, 0.3) is 0 Å². The molecule has 0 heterocycles. The molecule has 0 radical (unpaired) electrons. The average Bonchev–Trinajstić information content (AvgIpc) is 2.50. The largest absolute Gasteiger partial charge is 0.341 e. The van der Waals surface area contributed by atoms with E-state index < -0.39 is 27.0 Å². The normalized spacial score (nSPS) is 12.9. The molecule has 2 rings (SSSR count). The molecule has 0 bridgehead atoms. The van der Waals surface area contributed by atoms with E-state index in [1.54, 1.807) is 6.08 Å². The van der Waals surface area contributed by atoms with Gasteiger partial charge in [0.1, 0.15) is 0 Å². The molecule has 0 aromatic heterocycles. The summed E-state index contributed by atoms with van der Waals surface area (Å²) in [5.41, 5.74) is 4.07. The Morgan fingerprint density at radius 3 is 2.00 bits per heavy atom. The van der Waals surface area contributed by atoms with E-state index >= 15 is 0 Å². The van der Waals surface area contributed by atoms with Crippen molar-refractivity contribution in [1.29, 1.82) is 0 Å². The van der Waals surface area contributed by atoms with Crippen LogP contribution in [0.4, 0.5) is 0 Å². The highest BCUT2D eigenvalue weighted by Gasteiger charge is 2.42. The van der Waals surface area contributed by atoms with Gasteiger partial charge in [0.05, 0.1) is 0 Å². The van der Waals surface area contributed by atoms with Crippen molar-refractivity contribution in [3.63, 3.8) is 0 Å². The standard InChI is InChI=1S/C17H20O6P2/c1-13-5-2-3-7-16(13)15-11-9-14(10-12-15)6-4-8-17(24(18,19)20)25(21,22)23/h2-7,9-12,17H,8H2,1H3,(H2,18,19,20)(H2,21,22,23). The van der Waals surface area contributed by atoms with Crippen molar-refractivity contribution in [2.75, 3.05) is 0 Å². The van der Waals surface area contributed by atoms with Gasteiger partial charge in [-0.05, 0) is 35.6 Å². The Morgan fingerprint density at radius 2 is 1.48 bits per heavy atom. The highest BCUT2D eigenvalue weighted by Crippen LogP contribution is 2.61. The second-order valence-corrected chi connectivity index (χ2v) is 9.74. The quantitative estimate of drug-likeness (QED) is 0.566. The minimum Gasteiger partial charge on any atom is -0.324 e. The lowest BCUT2D eigenvalue weighted by molar-refractivity contribution is 0.339. The minimum atomic E-state index is -4.89. The second kappa shape index (κ2) is 7.79. The zero-order valence-electron chi connectivity index (χ0n) is 13.6. The zero-order valence-corrected chi connectivity index (χ0v) is 15.3. The molecule has 134 valence electrons. The van der Waals surface area contributed by atoms with Crippen molar-refractivity contribution in [2.24, 2.45) is 0 Å². The van der Waals surface area contributed by atoms with E-state index in [1.165, 1.54) is 6.08 Å². The predicted molar refractivity (Wildman–Crippen MR) is 98.1 cm³/mol. The number of hydrogen-bond acceptors (Lipinski definition) is 2. The molecule has 0 unspecified atom stereocenters. The van der Waals surface area contributed by atoms with Gasteiger partial charge in [0, 0.05) is 0 Å². The van der Waals surface area contributed by atoms with Crippen molar-refractivity contribution >= 4 is 21.3 Å². The zero-order chi connectivity index (χ0) is 18.7. The number of benzene rings is 2. The van der Waals surface area contributed by atoms with Crippen LogP contribution in [-0.4, -0.2) is 25.0 Å². The van der Waals surface area contributed by atoms with E-state index in [1.807, 2.05) is 55.5 Å². The van der Waals surface area contributed by atoms with E-state index in [0.717, 1.165) is 22.3 Å². The monoisotopic (exact) mass is 382 g/mol. The van der Waals surface area contributed by atoms with Gasteiger partial charge in [-0.15, -0.1) is 0 Å². The van der Waals surface area contributed by atoms with Crippen molar-refractivity contribution in [3.05, 3.63) is 65.7 Å². The highest BCUT2D eigenvalue weighted by atomic mass is 31.2. The molecule has 2 aromatic carbocycles. The molecule has 6 nitrogen and oxygen atoms in total. The van der Waals surface area contributed by atoms with Crippen LogP contribution in [0.15, 0.2) is 54.6 Å². The van der Waals surface area contributed by atoms with Crippen LogP contribution in [0.25, 0.3) is 17.2 Å². The van der Waals surface area contributed by atoms with Crippen LogP contribution in [0.1, 0.15) is 17.5 Å². The number of allylic oxidation sites excluding steroid dienone is 1. The lowest BCUT2D eigenvalue weighted by Crippen LogP contribution is -2.07. The average molecular weight is 382 g/mol. The summed E-state index contributed by atoms with van der Waals surface area (Å²) in [6, 6.07) is 15.5. The van der Waals surface area contributed by atoms with Gasteiger partial charge < -0.3 is 19.6 Å². The molecule has 0 saturated heterocycles. The molecular weight excluding hydrogens is 362 g/mol. The molecule has 0 amide bonds. The summed E-state index contributed by atoms with van der Waals surface area (Å²) in [5.74, 6) is 0. The van der Waals surface area contributed by atoms with E-state index in [2.05, 4.69) is 0 Å². The summed E-state index contributed by atoms with van der Waals surface area (Å²) < 4.78 is 22.4. The van der Waals surface area contributed by atoms with Gasteiger partial charge in [0.2, 0.25) is 0 Å². The van der Waals surface area contributed by atoms with Crippen molar-refractivity contribution in [1.82, 2.24) is 0 Å². The summed E-state index contributed by atoms with van der Waals surface area (Å²) in [6.07, 6.45) is 2.54. The maximum atomic E-state index is 11.2. The fraction of sp³-hybridized carbons (Fsp3) is 0.176. The number of aryl methyl sites for hydroxylation is 1.